The van der Waals surface area contributed by atoms with E-state index >= 15 is 0 Å². The number of amides is 1. The standard InChI is InChI=1S/C17H23N5O2/c1-24-11-17(6-8-18-9-7-17)16(23)21-15-4-2-14(3-5-15)10-22-13-19-12-20-22/h2-5,12-13,18H,6-11H2,1H3,(H,21,23). The summed E-state index contributed by atoms with van der Waals surface area (Å²) in [6.07, 6.45) is 4.78. The van der Waals surface area contributed by atoms with Gasteiger partial charge >= 0.3 is 0 Å². The molecular formula is C17H23N5O2. The van der Waals surface area contributed by atoms with Crippen LogP contribution in [-0.2, 0) is 16.1 Å². The van der Waals surface area contributed by atoms with Crippen LogP contribution in [0, 0.1) is 5.41 Å². The molecule has 1 aromatic carbocycles. The summed E-state index contributed by atoms with van der Waals surface area (Å²) in [7, 11) is 1.65. The average molecular weight is 329 g/mol. The van der Waals surface area contributed by atoms with Crippen molar-refractivity contribution in [3.05, 3.63) is 42.5 Å². The van der Waals surface area contributed by atoms with Crippen LogP contribution in [0.1, 0.15) is 18.4 Å². The number of piperidine rings is 1. The van der Waals surface area contributed by atoms with Gasteiger partial charge in [0.2, 0.25) is 5.91 Å². The Hall–Kier alpha value is -2.25. The molecule has 2 aromatic rings. The first-order valence-electron chi connectivity index (χ1n) is 8.14. The lowest BCUT2D eigenvalue weighted by atomic mass is 9.78. The van der Waals surface area contributed by atoms with Crippen LogP contribution in [-0.4, -0.2) is 47.5 Å². The van der Waals surface area contributed by atoms with Crippen LogP contribution in [0.4, 0.5) is 5.69 Å². The Bertz CT molecular complexity index is 643. The molecule has 1 amide bonds. The predicted molar refractivity (Wildman–Crippen MR) is 90.6 cm³/mol. The maximum atomic E-state index is 12.8. The van der Waals surface area contributed by atoms with Gasteiger partial charge in [0.05, 0.1) is 18.6 Å². The minimum Gasteiger partial charge on any atom is -0.384 e. The maximum Gasteiger partial charge on any atom is 0.233 e. The Morgan fingerprint density at radius 1 is 1.33 bits per heavy atom. The molecule has 2 N–H and O–H groups in total. The van der Waals surface area contributed by atoms with Gasteiger partial charge in [-0.2, -0.15) is 5.10 Å². The number of nitrogens with zero attached hydrogens (tertiary/aromatic N) is 3. The molecule has 0 saturated carbocycles. The molecule has 7 heteroatoms. The minimum absolute atomic E-state index is 0.0369. The highest BCUT2D eigenvalue weighted by Crippen LogP contribution is 2.30. The van der Waals surface area contributed by atoms with Gasteiger partial charge in [-0.25, -0.2) is 9.67 Å². The van der Waals surface area contributed by atoms with Crippen molar-refractivity contribution in [3.8, 4) is 0 Å². The Balaban J connectivity index is 1.65. The van der Waals surface area contributed by atoms with Crippen LogP contribution in [0.2, 0.25) is 0 Å². The van der Waals surface area contributed by atoms with Gasteiger partial charge < -0.3 is 15.4 Å². The van der Waals surface area contributed by atoms with E-state index in [-0.39, 0.29) is 5.91 Å². The Morgan fingerprint density at radius 2 is 2.08 bits per heavy atom. The Morgan fingerprint density at radius 3 is 2.71 bits per heavy atom. The molecule has 0 radical (unpaired) electrons. The van der Waals surface area contributed by atoms with Crippen molar-refractivity contribution in [1.82, 2.24) is 20.1 Å². The van der Waals surface area contributed by atoms with Crippen LogP contribution >= 0.6 is 0 Å². The predicted octanol–water partition coefficient (Wildman–Crippen LogP) is 1.28. The molecule has 2 heterocycles. The van der Waals surface area contributed by atoms with E-state index in [1.165, 1.54) is 6.33 Å². The Kier molecular flexibility index (Phi) is 5.22. The highest BCUT2D eigenvalue weighted by atomic mass is 16.5. The lowest BCUT2D eigenvalue weighted by Gasteiger charge is -2.35. The molecule has 1 saturated heterocycles. The lowest BCUT2D eigenvalue weighted by Crippen LogP contribution is -2.47. The molecule has 3 rings (SSSR count). The molecule has 0 bridgehead atoms. The lowest BCUT2D eigenvalue weighted by molar-refractivity contribution is -0.130. The fraction of sp³-hybridized carbons (Fsp3) is 0.471. The van der Waals surface area contributed by atoms with Crippen molar-refractivity contribution in [2.45, 2.75) is 19.4 Å². The van der Waals surface area contributed by atoms with Gasteiger partial charge in [0, 0.05) is 12.8 Å². The smallest absolute Gasteiger partial charge is 0.233 e. The molecule has 0 spiro atoms. The number of rotatable bonds is 6. The second-order valence-electron chi connectivity index (χ2n) is 6.21. The van der Waals surface area contributed by atoms with Gasteiger partial charge in [0.15, 0.2) is 0 Å². The number of hydrogen-bond acceptors (Lipinski definition) is 5. The summed E-state index contributed by atoms with van der Waals surface area (Å²) in [6.45, 7) is 2.79. The number of benzene rings is 1. The molecule has 7 nitrogen and oxygen atoms in total. The van der Waals surface area contributed by atoms with Crippen molar-refractivity contribution < 1.29 is 9.53 Å². The fourth-order valence-electron chi connectivity index (χ4n) is 3.08. The second kappa shape index (κ2) is 7.55. The highest BCUT2D eigenvalue weighted by molar-refractivity contribution is 5.95. The summed E-state index contributed by atoms with van der Waals surface area (Å²) in [5, 5.41) is 10.4. The molecule has 128 valence electrons. The summed E-state index contributed by atoms with van der Waals surface area (Å²) < 4.78 is 7.08. The van der Waals surface area contributed by atoms with Crippen molar-refractivity contribution in [2.24, 2.45) is 5.41 Å². The largest absolute Gasteiger partial charge is 0.384 e. The third-order valence-corrected chi connectivity index (χ3v) is 4.49. The third-order valence-electron chi connectivity index (χ3n) is 4.49. The number of ether oxygens (including phenoxy) is 1. The number of carbonyl (C=O) groups is 1. The normalized spacial score (nSPS) is 16.7. The van der Waals surface area contributed by atoms with Gasteiger partial charge in [-0.15, -0.1) is 0 Å². The number of anilines is 1. The van der Waals surface area contributed by atoms with Crippen LogP contribution in [0.25, 0.3) is 0 Å². The van der Waals surface area contributed by atoms with Crippen LogP contribution in [0.5, 0.6) is 0 Å². The zero-order chi connectivity index (χ0) is 16.8. The molecule has 1 aromatic heterocycles. The summed E-state index contributed by atoms with van der Waals surface area (Å²) in [4.78, 5) is 16.7. The van der Waals surface area contributed by atoms with E-state index in [0.717, 1.165) is 37.2 Å². The van der Waals surface area contributed by atoms with E-state index in [0.29, 0.717) is 13.2 Å². The van der Waals surface area contributed by atoms with Gasteiger partial charge in [-0.05, 0) is 43.6 Å². The van der Waals surface area contributed by atoms with E-state index in [1.54, 1.807) is 18.1 Å². The number of hydrogen-bond donors (Lipinski definition) is 2. The second-order valence-corrected chi connectivity index (χ2v) is 6.21. The SMILES string of the molecule is COCC1(C(=O)Nc2ccc(Cn3cncn3)cc2)CCNCC1. The first kappa shape index (κ1) is 16.6. The van der Waals surface area contributed by atoms with E-state index in [1.807, 2.05) is 24.3 Å². The zero-order valence-electron chi connectivity index (χ0n) is 13.9. The number of aromatic nitrogens is 3. The van der Waals surface area contributed by atoms with E-state index in [9.17, 15) is 4.79 Å². The first-order chi connectivity index (χ1) is 11.7. The fourth-order valence-corrected chi connectivity index (χ4v) is 3.08. The van der Waals surface area contributed by atoms with E-state index in [2.05, 4.69) is 20.7 Å². The van der Waals surface area contributed by atoms with Crippen molar-refractivity contribution in [3.63, 3.8) is 0 Å². The zero-order valence-corrected chi connectivity index (χ0v) is 13.9. The molecule has 1 aliphatic rings. The molecule has 0 atom stereocenters. The molecule has 1 aliphatic heterocycles. The molecule has 24 heavy (non-hydrogen) atoms. The van der Waals surface area contributed by atoms with Gasteiger partial charge in [0.1, 0.15) is 12.7 Å². The molecule has 1 fully saturated rings. The summed E-state index contributed by atoms with van der Waals surface area (Å²) in [5.41, 5.74) is 1.46. The number of methoxy groups -OCH3 is 1. The first-order valence-corrected chi connectivity index (χ1v) is 8.14. The van der Waals surface area contributed by atoms with E-state index < -0.39 is 5.41 Å². The minimum atomic E-state index is -0.445. The maximum absolute atomic E-state index is 12.8. The van der Waals surface area contributed by atoms with Gasteiger partial charge in [-0.3, -0.25) is 4.79 Å². The van der Waals surface area contributed by atoms with Crippen molar-refractivity contribution in [2.75, 3.05) is 32.1 Å². The van der Waals surface area contributed by atoms with Crippen LogP contribution < -0.4 is 10.6 Å². The Labute approximate surface area is 141 Å². The highest BCUT2D eigenvalue weighted by Gasteiger charge is 2.39. The quantitative estimate of drug-likeness (QED) is 0.834. The number of carbonyl (C=O) groups excluding carboxylic acids is 1. The van der Waals surface area contributed by atoms with Crippen molar-refractivity contribution >= 4 is 11.6 Å². The van der Waals surface area contributed by atoms with Gasteiger partial charge in [0.25, 0.3) is 0 Å². The van der Waals surface area contributed by atoms with E-state index in [4.69, 9.17) is 4.74 Å². The topological polar surface area (TPSA) is 81.1 Å². The summed E-state index contributed by atoms with van der Waals surface area (Å²) >= 11 is 0. The number of nitrogens with one attached hydrogen (secondary N) is 2. The summed E-state index contributed by atoms with van der Waals surface area (Å²) in [5.74, 6) is 0.0369. The van der Waals surface area contributed by atoms with Crippen LogP contribution in [0.15, 0.2) is 36.9 Å². The van der Waals surface area contributed by atoms with Gasteiger partial charge in [-0.1, -0.05) is 12.1 Å². The third kappa shape index (κ3) is 3.80. The van der Waals surface area contributed by atoms with Crippen LogP contribution in [0.3, 0.4) is 0 Å². The monoisotopic (exact) mass is 329 g/mol. The molecule has 0 unspecified atom stereocenters. The molecule has 0 aliphatic carbocycles. The van der Waals surface area contributed by atoms with Crippen molar-refractivity contribution in [1.29, 1.82) is 0 Å². The molecular weight excluding hydrogens is 306 g/mol. The average Bonchev–Trinajstić information content (AvgIpc) is 3.11. The summed E-state index contributed by atoms with van der Waals surface area (Å²) in [6, 6.07) is 7.82.